The van der Waals surface area contributed by atoms with Crippen LogP contribution >= 0.6 is 0 Å². The lowest BCUT2D eigenvalue weighted by Gasteiger charge is -2.18. The van der Waals surface area contributed by atoms with Crippen LogP contribution in [-0.4, -0.2) is 40.1 Å². The zero-order valence-electron chi connectivity index (χ0n) is 16.2. The van der Waals surface area contributed by atoms with E-state index >= 15 is 0 Å². The average Bonchev–Trinajstić information content (AvgIpc) is 3.10. The summed E-state index contributed by atoms with van der Waals surface area (Å²) in [7, 11) is -1.99. The molecule has 3 rings (SSSR count). The van der Waals surface area contributed by atoms with Crippen LogP contribution in [0.25, 0.3) is 0 Å². The Morgan fingerprint density at radius 2 is 2.04 bits per heavy atom. The van der Waals surface area contributed by atoms with Gasteiger partial charge in [-0.3, -0.25) is 4.72 Å². The van der Waals surface area contributed by atoms with Gasteiger partial charge in [-0.2, -0.15) is 0 Å². The van der Waals surface area contributed by atoms with Crippen molar-refractivity contribution >= 4 is 15.7 Å². The van der Waals surface area contributed by atoms with Crippen LogP contribution < -0.4 is 9.46 Å². The first kappa shape index (κ1) is 19.7. The Morgan fingerprint density at radius 1 is 1.22 bits per heavy atom. The highest BCUT2D eigenvalue weighted by Crippen LogP contribution is 2.35. The van der Waals surface area contributed by atoms with Crippen molar-refractivity contribution in [1.82, 2.24) is 4.90 Å². The van der Waals surface area contributed by atoms with Gasteiger partial charge < -0.3 is 9.64 Å². The van der Waals surface area contributed by atoms with Crippen LogP contribution in [0, 0.1) is 6.92 Å². The van der Waals surface area contributed by atoms with Crippen LogP contribution in [0.2, 0.25) is 0 Å². The first-order valence-corrected chi connectivity index (χ1v) is 10.9. The van der Waals surface area contributed by atoms with E-state index in [4.69, 9.17) is 4.74 Å². The predicted octanol–water partition coefficient (Wildman–Crippen LogP) is 4.00. The smallest absolute Gasteiger partial charge is 0.261 e. The minimum absolute atomic E-state index is 0.261. The van der Waals surface area contributed by atoms with E-state index in [1.165, 1.54) is 0 Å². The number of aryl methyl sites for hydroxylation is 1. The minimum Gasteiger partial charge on any atom is -0.496 e. The number of nitrogens with zero attached hydrogens (tertiary/aromatic N) is 1. The molecule has 0 saturated carbocycles. The van der Waals surface area contributed by atoms with E-state index in [1.807, 2.05) is 25.1 Å². The Labute approximate surface area is 162 Å². The highest BCUT2D eigenvalue weighted by molar-refractivity contribution is 7.92. The Bertz CT molecular complexity index is 896. The van der Waals surface area contributed by atoms with Gasteiger partial charge in [0.15, 0.2) is 0 Å². The summed E-state index contributed by atoms with van der Waals surface area (Å²) < 4.78 is 33.5. The lowest BCUT2D eigenvalue weighted by Crippen LogP contribution is -2.21. The fourth-order valence-corrected chi connectivity index (χ4v) is 4.87. The summed E-state index contributed by atoms with van der Waals surface area (Å²) in [5, 5.41) is 0. The molecule has 1 atom stereocenters. The third-order valence-corrected chi connectivity index (χ3v) is 6.42. The number of sulfonamides is 1. The van der Waals surface area contributed by atoms with E-state index in [9.17, 15) is 8.42 Å². The Morgan fingerprint density at radius 3 is 2.74 bits per heavy atom. The molecule has 1 N–H and O–H groups in total. The second kappa shape index (κ2) is 8.31. The number of hydrogen-bond donors (Lipinski definition) is 1. The van der Waals surface area contributed by atoms with Gasteiger partial charge >= 0.3 is 0 Å². The summed E-state index contributed by atoms with van der Waals surface area (Å²) in [6.45, 7) is 7.32. The molecule has 27 heavy (non-hydrogen) atoms. The molecule has 0 radical (unpaired) electrons. The first-order chi connectivity index (χ1) is 12.9. The Balaban J connectivity index is 1.80. The van der Waals surface area contributed by atoms with Crippen LogP contribution in [-0.2, 0) is 10.0 Å². The van der Waals surface area contributed by atoms with Gasteiger partial charge in [-0.15, -0.1) is 0 Å². The van der Waals surface area contributed by atoms with Crippen molar-refractivity contribution in [3.8, 4) is 5.75 Å². The monoisotopic (exact) mass is 388 g/mol. The molecule has 0 spiro atoms. The maximum absolute atomic E-state index is 12.7. The summed E-state index contributed by atoms with van der Waals surface area (Å²) in [6.07, 6.45) is 2.26. The molecule has 6 heteroatoms. The van der Waals surface area contributed by atoms with Crippen molar-refractivity contribution in [3.05, 3.63) is 53.6 Å². The first-order valence-electron chi connectivity index (χ1n) is 9.42. The van der Waals surface area contributed by atoms with Crippen molar-refractivity contribution in [2.45, 2.75) is 37.5 Å². The average molecular weight is 389 g/mol. The van der Waals surface area contributed by atoms with Crippen LogP contribution in [0.5, 0.6) is 5.75 Å². The summed E-state index contributed by atoms with van der Waals surface area (Å²) in [5.74, 6) is 1.16. The van der Waals surface area contributed by atoms with Crippen molar-refractivity contribution in [3.63, 3.8) is 0 Å². The minimum atomic E-state index is -3.62. The lowest BCUT2D eigenvalue weighted by atomic mass is 9.97. The van der Waals surface area contributed by atoms with Gasteiger partial charge in [-0.1, -0.05) is 25.1 Å². The molecule has 5 nitrogen and oxygen atoms in total. The molecule has 146 valence electrons. The molecule has 0 bridgehead atoms. The molecule has 1 unspecified atom stereocenters. The van der Waals surface area contributed by atoms with Gasteiger partial charge in [0.25, 0.3) is 10.0 Å². The van der Waals surface area contributed by atoms with Crippen LogP contribution in [0.1, 0.15) is 36.8 Å². The molecule has 1 saturated heterocycles. The Kier molecular flexibility index (Phi) is 6.07. The number of likely N-dealkylation sites (tertiary alicyclic amines) is 1. The van der Waals surface area contributed by atoms with Gasteiger partial charge in [-0.25, -0.2) is 8.42 Å². The fourth-order valence-electron chi connectivity index (χ4n) is 3.71. The molecule has 1 fully saturated rings. The van der Waals surface area contributed by atoms with E-state index < -0.39 is 10.0 Å². The number of nitrogens with one attached hydrogen (secondary N) is 1. The second-order valence-electron chi connectivity index (χ2n) is 7.16. The highest BCUT2D eigenvalue weighted by atomic mass is 32.2. The van der Waals surface area contributed by atoms with Gasteiger partial charge in [0.1, 0.15) is 5.75 Å². The summed E-state index contributed by atoms with van der Waals surface area (Å²) in [4.78, 5) is 2.73. The van der Waals surface area contributed by atoms with Crippen molar-refractivity contribution < 1.29 is 13.2 Å². The molecule has 0 aromatic heterocycles. The van der Waals surface area contributed by atoms with Gasteiger partial charge in [0.05, 0.1) is 17.7 Å². The third kappa shape index (κ3) is 4.62. The van der Waals surface area contributed by atoms with Crippen molar-refractivity contribution in [1.29, 1.82) is 0 Å². The van der Waals surface area contributed by atoms with E-state index in [1.54, 1.807) is 31.4 Å². The highest BCUT2D eigenvalue weighted by Gasteiger charge is 2.26. The number of rotatable bonds is 7. The van der Waals surface area contributed by atoms with Crippen LogP contribution in [0.15, 0.2) is 47.4 Å². The van der Waals surface area contributed by atoms with Gasteiger partial charge in [0, 0.05) is 18.5 Å². The molecular formula is C21H28N2O3S. The summed E-state index contributed by atoms with van der Waals surface area (Å²) in [6, 6.07) is 12.5. The molecular weight excluding hydrogens is 360 g/mol. The number of anilines is 1. The molecule has 0 aliphatic carbocycles. The van der Waals surface area contributed by atoms with E-state index in [0.717, 1.165) is 49.4 Å². The zero-order chi connectivity index (χ0) is 19.4. The SMILES string of the molecule is CCCN1CCC(c2ccc(NS(=O)(=O)c3cccc(C)c3)cc2OC)C1. The summed E-state index contributed by atoms with van der Waals surface area (Å²) in [5.41, 5.74) is 2.57. The second-order valence-corrected chi connectivity index (χ2v) is 8.85. The molecule has 0 amide bonds. The Hall–Kier alpha value is -2.05. The molecule has 2 aromatic carbocycles. The van der Waals surface area contributed by atoms with E-state index in [-0.39, 0.29) is 4.90 Å². The van der Waals surface area contributed by atoms with Gasteiger partial charge in [0.2, 0.25) is 0 Å². The van der Waals surface area contributed by atoms with Crippen LogP contribution in [0.4, 0.5) is 5.69 Å². The molecule has 2 aromatic rings. The lowest BCUT2D eigenvalue weighted by molar-refractivity contribution is 0.333. The molecule has 1 heterocycles. The van der Waals surface area contributed by atoms with E-state index in [0.29, 0.717) is 11.6 Å². The maximum atomic E-state index is 12.7. The quantitative estimate of drug-likeness (QED) is 0.779. The van der Waals surface area contributed by atoms with Crippen LogP contribution in [0.3, 0.4) is 0 Å². The summed E-state index contributed by atoms with van der Waals surface area (Å²) >= 11 is 0. The van der Waals surface area contributed by atoms with Crippen molar-refractivity contribution in [2.24, 2.45) is 0 Å². The number of ether oxygens (including phenoxy) is 1. The molecule has 1 aliphatic rings. The largest absolute Gasteiger partial charge is 0.496 e. The zero-order valence-corrected chi connectivity index (χ0v) is 17.1. The third-order valence-electron chi connectivity index (χ3n) is 5.04. The van der Waals surface area contributed by atoms with Crippen molar-refractivity contribution in [2.75, 3.05) is 31.5 Å². The standard InChI is InChI=1S/C21H28N2O3S/c1-4-11-23-12-10-17(15-23)20-9-8-18(14-21(20)26-3)22-27(24,25)19-7-5-6-16(2)13-19/h5-9,13-14,17,22H,4,10-12,15H2,1-3H3. The number of methoxy groups -OCH3 is 1. The van der Waals surface area contributed by atoms with Gasteiger partial charge in [-0.05, 0) is 62.2 Å². The topological polar surface area (TPSA) is 58.6 Å². The maximum Gasteiger partial charge on any atom is 0.261 e. The van der Waals surface area contributed by atoms with E-state index in [2.05, 4.69) is 16.5 Å². The number of benzene rings is 2. The predicted molar refractivity (Wildman–Crippen MR) is 109 cm³/mol. The number of hydrogen-bond acceptors (Lipinski definition) is 4. The fraction of sp³-hybridized carbons (Fsp3) is 0.429. The molecule has 1 aliphatic heterocycles. The normalized spacial score (nSPS) is 17.8.